The summed E-state index contributed by atoms with van der Waals surface area (Å²) in [4.78, 5) is 27.0. The van der Waals surface area contributed by atoms with Crippen molar-refractivity contribution in [1.29, 1.82) is 0 Å². The van der Waals surface area contributed by atoms with E-state index < -0.39 is 10.9 Å². The van der Waals surface area contributed by atoms with Crippen molar-refractivity contribution in [2.75, 3.05) is 7.11 Å². The van der Waals surface area contributed by atoms with E-state index >= 15 is 0 Å². The number of rotatable bonds is 7. The number of carbonyl (C=O) groups excluding carboxylic acids is 1. The molecule has 0 fully saturated rings. The van der Waals surface area contributed by atoms with E-state index in [0.29, 0.717) is 23.7 Å². The Bertz CT molecular complexity index is 1390. The number of hydrogen-bond acceptors (Lipinski definition) is 7. The van der Waals surface area contributed by atoms with Crippen molar-refractivity contribution in [2.24, 2.45) is 4.99 Å². The van der Waals surface area contributed by atoms with Gasteiger partial charge in [0, 0.05) is 16.6 Å². The molecule has 3 aromatic carbocycles. The Hall–Kier alpha value is -2.96. The number of esters is 1. The molecule has 4 rings (SSSR count). The zero-order chi connectivity index (χ0) is 25.1. The topological polar surface area (TPSA) is 100 Å². The SMILES string of the molecule is COc1cc(/C=C2\N=C(c3ccc([N+](=O)[O-])cc3Cl)OC2=O)cc(I)c1OCc1ccc(Br)cc1. The van der Waals surface area contributed by atoms with Crippen LogP contribution >= 0.6 is 50.1 Å². The number of nitro benzene ring substituents is 1. The van der Waals surface area contributed by atoms with Gasteiger partial charge in [0.1, 0.15) is 6.61 Å². The number of carbonyl (C=O) groups is 1. The Balaban J connectivity index is 1.59. The van der Waals surface area contributed by atoms with Gasteiger partial charge in [-0.25, -0.2) is 9.79 Å². The third kappa shape index (κ3) is 5.82. The molecular formula is C24H15BrClIN2O6. The van der Waals surface area contributed by atoms with Gasteiger partial charge in [-0.15, -0.1) is 0 Å². The lowest BCUT2D eigenvalue weighted by atomic mass is 10.1. The van der Waals surface area contributed by atoms with Gasteiger partial charge < -0.3 is 14.2 Å². The summed E-state index contributed by atoms with van der Waals surface area (Å²) >= 11 is 11.7. The molecule has 0 aliphatic carbocycles. The minimum atomic E-state index is -0.668. The maximum atomic E-state index is 12.4. The maximum Gasteiger partial charge on any atom is 0.363 e. The van der Waals surface area contributed by atoms with E-state index in [9.17, 15) is 14.9 Å². The highest BCUT2D eigenvalue weighted by molar-refractivity contribution is 14.1. The van der Waals surface area contributed by atoms with Gasteiger partial charge in [0.15, 0.2) is 17.2 Å². The van der Waals surface area contributed by atoms with E-state index in [0.717, 1.165) is 13.6 Å². The average molecular weight is 670 g/mol. The van der Waals surface area contributed by atoms with Crippen molar-refractivity contribution < 1.29 is 23.9 Å². The first kappa shape index (κ1) is 25.1. The third-order valence-electron chi connectivity index (χ3n) is 4.87. The molecule has 0 atom stereocenters. The summed E-state index contributed by atoms with van der Waals surface area (Å²) < 4.78 is 18.5. The standard InChI is InChI=1S/C24H15BrClIN2O6/c1-33-21-10-14(8-19(27)22(21)34-12-13-2-4-15(25)5-3-13)9-20-24(30)35-23(28-20)17-7-6-16(29(31)32)11-18(17)26/h2-11H,12H2,1H3/b20-9-. The van der Waals surface area contributed by atoms with Crippen molar-refractivity contribution >= 4 is 73.8 Å². The van der Waals surface area contributed by atoms with Crippen LogP contribution in [0.2, 0.25) is 5.02 Å². The predicted molar refractivity (Wildman–Crippen MR) is 143 cm³/mol. The number of cyclic esters (lactones) is 1. The lowest BCUT2D eigenvalue weighted by Gasteiger charge is -2.14. The number of aliphatic imine (C=N–C) groups is 1. The van der Waals surface area contributed by atoms with Gasteiger partial charge >= 0.3 is 5.97 Å². The lowest BCUT2D eigenvalue weighted by Crippen LogP contribution is -2.06. The van der Waals surface area contributed by atoms with Crippen LogP contribution in [0.15, 0.2) is 69.8 Å². The molecular weight excluding hydrogens is 655 g/mol. The van der Waals surface area contributed by atoms with E-state index in [-0.39, 0.29) is 27.9 Å². The first-order valence-corrected chi connectivity index (χ1v) is 12.2. The van der Waals surface area contributed by atoms with Crippen LogP contribution < -0.4 is 9.47 Å². The Labute approximate surface area is 227 Å². The maximum absolute atomic E-state index is 12.4. The second kappa shape index (κ2) is 10.8. The summed E-state index contributed by atoms with van der Waals surface area (Å²) in [6.07, 6.45) is 1.55. The quantitative estimate of drug-likeness (QED) is 0.0931. The molecule has 8 nitrogen and oxygen atoms in total. The van der Waals surface area contributed by atoms with Crippen molar-refractivity contribution in [3.8, 4) is 11.5 Å². The zero-order valence-electron chi connectivity index (χ0n) is 18.0. The second-order valence-corrected chi connectivity index (χ2v) is 9.69. The van der Waals surface area contributed by atoms with E-state index in [4.69, 9.17) is 25.8 Å². The van der Waals surface area contributed by atoms with E-state index in [1.807, 2.05) is 30.3 Å². The molecule has 0 spiro atoms. The molecule has 1 aliphatic rings. The molecule has 35 heavy (non-hydrogen) atoms. The summed E-state index contributed by atoms with van der Waals surface area (Å²) in [5, 5.41) is 11.0. The average Bonchev–Trinajstić information content (AvgIpc) is 3.18. The van der Waals surface area contributed by atoms with Crippen LogP contribution in [0.3, 0.4) is 0 Å². The third-order valence-corrected chi connectivity index (χ3v) is 6.51. The van der Waals surface area contributed by atoms with Gasteiger partial charge in [-0.3, -0.25) is 10.1 Å². The molecule has 0 bridgehead atoms. The van der Waals surface area contributed by atoms with Gasteiger partial charge in [0.05, 0.1) is 26.2 Å². The largest absolute Gasteiger partial charge is 0.493 e. The van der Waals surface area contributed by atoms with Crippen LogP contribution in [0, 0.1) is 13.7 Å². The van der Waals surface area contributed by atoms with E-state index in [2.05, 4.69) is 43.5 Å². The first-order chi connectivity index (χ1) is 16.7. The monoisotopic (exact) mass is 668 g/mol. The molecule has 0 unspecified atom stereocenters. The number of halogens is 3. The summed E-state index contributed by atoms with van der Waals surface area (Å²) in [6, 6.07) is 15.2. The molecule has 3 aromatic rings. The molecule has 178 valence electrons. The van der Waals surface area contributed by atoms with Crippen LogP contribution in [-0.2, 0) is 16.1 Å². The van der Waals surface area contributed by atoms with Gasteiger partial charge in [-0.1, -0.05) is 39.7 Å². The Morgan fingerprint density at radius 3 is 2.60 bits per heavy atom. The minimum absolute atomic E-state index is 0.0303. The zero-order valence-corrected chi connectivity index (χ0v) is 22.5. The molecule has 1 heterocycles. The second-order valence-electron chi connectivity index (χ2n) is 7.21. The van der Waals surface area contributed by atoms with Crippen molar-refractivity contribution in [2.45, 2.75) is 6.61 Å². The summed E-state index contributed by atoms with van der Waals surface area (Å²) in [5.74, 6) is 0.375. The summed E-state index contributed by atoms with van der Waals surface area (Å²) in [7, 11) is 1.53. The Morgan fingerprint density at radius 2 is 1.94 bits per heavy atom. The lowest BCUT2D eigenvalue weighted by molar-refractivity contribution is -0.384. The minimum Gasteiger partial charge on any atom is -0.493 e. The molecule has 0 saturated carbocycles. The Kier molecular flexibility index (Phi) is 7.72. The van der Waals surface area contributed by atoms with Crippen LogP contribution in [0.5, 0.6) is 11.5 Å². The molecule has 0 saturated heterocycles. The predicted octanol–water partition coefficient (Wildman–Crippen LogP) is 6.55. The normalized spacial score (nSPS) is 14.0. The Morgan fingerprint density at radius 1 is 1.20 bits per heavy atom. The van der Waals surface area contributed by atoms with Gasteiger partial charge in [0.2, 0.25) is 5.90 Å². The smallest absolute Gasteiger partial charge is 0.363 e. The van der Waals surface area contributed by atoms with Gasteiger partial charge in [0.25, 0.3) is 5.69 Å². The number of non-ortho nitro benzene ring substituents is 1. The molecule has 11 heteroatoms. The van der Waals surface area contributed by atoms with Crippen LogP contribution in [0.25, 0.3) is 6.08 Å². The van der Waals surface area contributed by atoms with Gasteiger partial charge in [-0.05, 0) is 70.1 Å². The number of hydrogen-bond donors (Lipinski definition) is 0. The fourth-order valence-corrected chi connectivity index (χ4v) is 4.47. The molecule has 1 aliphatic heterocycles. The number of methoxy groups -OCH3 is 1. The highest BCUT2D eigenvalue weighted by atomic mass is 127. The van der Waals surface area contributed by atoms with Crippen LogP contribution in [0.1, 0.15) is 16.7 Å². The van der Waals surface area contributed by atoms with Gasteiger partial charge in [-0.2, -0.15) is 0 Å². The molecule has 0 radical (unpaired) electrons. The number of nitrogens with zero attached hydrogens (tertiary/aromatic N) is 2. The summed E-state index contributed by atoms with van der Waals surface area (Å²) in [5.41, 5.74) is 1.80. The van der Waals surface area contributed by atoms with E-state index in [1.54, 1.807) is 12.1 Å². The van der Waals surface area contributed by atoms with Crippen molar-refractivity contribution in [3.05, 3.63) is 100 Å². The van der Waals surface area contributed by atoms with Crippen molar-refractivity contribution in [3.63, 3.8) is 0 Å². The molecule has 0 aromatic heterocycles. The molecule has 0 N–H and O–H groups in total. The first-order valence-electron chi connectivity index (χ1n) is 9.97. The van der Waals surface area contributed by atoms with Crippen LogP contribution in [0.4, 0.5) is 5.69 Å². The summed E-state index contributed by atoms with van der Waals surface area (Å²) in [6.45, 7) is 0.357. The van der Waals surface area contributed by atoms with Crippen LogP contribution in [-0.4, -0.2) is 23.9 Å². The van der Waals surface area contributed by atoms with Crippen molar-refractivity contribution in [1.82, 2.24) is 0 Å². The molecule has 0 amide bonds. The van der Waals surface area contributed by atoms with E-state index in [1.165, 1.54) is 25.3 Å². The number of benzene rings is 3. The highest BCUT2D eigenvalue weighted by Crippen LogP contribution is 2.36. The fraction of sp³-hybridized carbons (Fsp3) is 0.0833. The number of nitro groups is 1. The number of ether oxygens (including phenoxy) is 3. The highest BCUT2D eigenvalue weighted by Gasteiger charge is 2.27. The fourth-order valence-electron chi connectivity index (χ4n) is 3.17.